The number of rotatable bonds is 1. The van der Waals surface area contributed by atoms with Crippen LogP contribution in [-0.2, 0) is 11.4 Å². The number of nitrogen functional groups attached to an aromatic ring is 1. The van der Waals surface area contributed by atoms with Crippen molar-refractivity contribution in [3.8, 4) is 0 Å². The minimum absolute atomic E-state index is 0.587. The fraction of sp³-hybridized carbons (Fsp3) is 0.143. The van der Waals surface area contributed by atoms with E-state index in [9.17, 15) is 4.55 Å². The van der Waals surface area contributed by atoms with E-state index < -0.39 is 11.4 Å². The summed E-state index contributed by atoms with van der Waals surface area (Å²) in [5.41, 5.74) is 6.97. The first-order chi connectivity index (χ1) is 5.11. The average molecular weight is 170 g/mol. The highest BCUT2D eigenvalue weighted by molar-refractivity contribution is 7.89. The second kappa shape index (κ2) is 3.13. The molecule has 0 aliphatic rings. The van der Waals surface area contributed by atoms with Gasteiger partial charge in [-0.1, -0.05) is 6.07 Å². The highest BCUT2D eigenvalue weighted by Gasteiger charge is 2.08. The highest BCUT2D eigenvalue weighted by atomic mass is 32.2. The fourth-order valence-corrected chi connectivity index (χ4v) is 1.47. The van der Waals surface area contributed by atoms with Crippen molar-refractivity contribution in [1.29, 1.82) is 0 Å². The summed E-state index contributed by atoms with van der Waals surface area (Å²) >= 11 is -1.43. The Kier molecular flexibility index (Phi) is 2.38. The number of nitrogens with two attached hydrogens (primary N) is 2. The molecule has 1 unspecified atom stereocenters. The van der Waals surface area contributed by atoms with Crippen molar-refractivity contribution in [1.82, 2.24) is 0 Å². The predicted molar refractivity (Wildman–Crippen MR) is 46.2 cm³/mol. The lowest BCUT2D eigenvalue weighted by molar-refractivity contribution is 0.596. The maximum Gasteiger partial charge on any atom is 0.178 e. The van der Waals surface area contributed by atoms with E-state index >= 15 is 0 Å². The van der Waals surface area contributed by atoms with Gasteiger partial charge in [-0.2, -0.15) is 0 Å². The summed E-state index contributed by atoms with van der Waals surface area (Å²) in [6.45, 7) is 1.85. The molecule has 0 fully saturated rings. The van der Waals surface area contributed by atoms with Crippen LogP contribution in [0.4, 0.5) is 5.69 Å². The molecule has 0 heterocycles. The first-order valence-electron chi connectivity index (χ1n) is 3.13. The molecule has 1 aromatic rings. The molecular weight excluding hydrogens is 160 g/mol. The van der Waals surface area contributed by atoms with Crippen molar-refractivity contribution in [3.05, 3.63) is 23.8 Å². The Bertz CT molecular complexity index is 263. The van der Waals surface area contributed by atoms with Crippen LogP contribution in [0.1, 0.15) is 5.56 Å². The van der Waals surface area contributed by atoms with E-state index in [4.69, 9.17) is 10.9 Å². The summed E-state index contributed by atoms with van der Waals surface area (Å²) in [5, 5.41) is 5.20. The molecule has 0 aliphatic carbocycles. The molecule has 11 heavy (non-hydrogen) atoms. The van der Waals surface area contributed by atoms with Gasteiger partial charge in [0.05, 0.1) is 11.4 Å². The van der Waals surface area contributed by atoms with E-state index in [-0.39, 0.29) is 0 Å². The standard InChI is InChI=1S/C7H10N2OS/c1-5-2-3-6(8)4-7(5)11(9)10/h2-4H,8-9H2,1H3. The monoisotopic (exact) mass is 170 g/mol. The zero-order valence-corrected chi connectivity index (χ0v) is 7.02. The molecule has 0 amide bonds. The van der Waals surface area contributed by atoms with Crippen LogP contribution in [0.5, 0.6) is 0 Å². The predicted octanol–water partition coefficient (Wildman–Crippen LogP) is 0.559. The van der Waals surface area contributed by atoms with Gasteiger partial charge in [0.1, 0.15) is 0 Å². The Hall–Kier alpha value is -0.710. The molecule has 0 bridgehead atoms. The summed E-state index contributed by atoms with van der Waals surface area (Å²) in [4.78, 5) is 0.602. The minimum atomic E-state index is -1.43. The Balaban J connectivity index is 3.13. The van der Waals surface area contributed by atoms with Gasteiger partial charge in [-0.3, -0.25) is 0 Å². The average Bonchev–Trinajstić information content (AvgIpc) is 1.94. The van der Waals surface area contributed by atoms with Crippen molar-refractivity contribution < 1.29 is 4.55 Å². The van der Waals surface area contributed by atoms with Crippen LogP contribution in [-0.4, -0.2) is 4.55 Å². The highest BCUT2D eigenvalue weighted by Crippen LogP contribution is 2.16. The van der Waals surface area contributed by atoms with E-state index in [2.05, 4.69) is 0 Å². The number of hydrogen-bond acceptors (Lipinski definition) is 3. The molecule has 1 rings (SSSR count). The van der Waals surface area contributed by atoms with Crippen molar-refractivity contribution in [2.75, 3.05) is 5.73 Å². The van der Waals surface area contributed by atoms with E-state index in [0.29, 0.717) is 10.6 Å². The minimum Gasteiger partial charge on any atom is -0.593 e. The third-order valence-corrected chi connectivity index (χ3v) is 2.30. The number of aryl methyl sites for hydroxylation is 1. The summed E-state index contributed by atoms with van der Waals surface area (Å²) in [7, 11) is 0. The topological polar surface area (TPSA) is 75.1 Å². The largest absolute Gasteiger partial charge is 0.593 e. The lowest BCUT2D eigenvalue weighted by Gasteiger charge is -2.05. The van der Waals surface area contributed by atoms with E-state index in [1.54, 1.807) is 18.2 Å². The number of hydrogen-bond donors (Lipinski definition) is 2. The lowest BCUT2D eigenvalue weighted by atomic mass is 10.2. The van der Waals surface area contributed by atoms with Gasteiger partial charge >= 0.3 is 0 Å². The van der Waals surface area contributed by atoms with Crippen molar-refractivity contribution in [2.24, 2.45) is 5.14 Å². The van der Waals surface area contributed by atoms with E-state index in [1.165, 1.54) is 0 Å². The van der Waals surface area contributed by atoms with Gasteiger partial charge in [0, 0.05) is 17.3 Å². The van der Waals surface area contributed by atoms with Gasteiger partial charge in [-0.15, -0.1) is 5.14 Å². The summed E-state index contributed by atoms with van der Waals surface area (Å²) in [6, 6.07) is 5.19. The molecule has 0 saturated heterocycles. The van der Waals surface area contributed by atoms with Crippen LogP contribution in [0, 0.1) is 6.92 Å². The zero-order chi connectivity index (χ0) is 8.43. The molecule has 60 valence electrons. The zero-order valence-electron chi connectivity index (χ0n) is 6.20. The third-order valence-electron chi connectivity index (χ3n) is 1.43. The molecule has 3 nitrogen and oxygen atoms in total. The maximum atomic E-state index is 10.9. The molecule has 0 spiro atoms. The number of anilines is 1. The first kappa shape index (κ1) is 8.39. The lowest BCUT2D eigenvalue weighted by Crippen LogP contribution is -2.13. The Morgan fingerprint density at radius 2 is 2.09 bits per heavy atom. The summed E-state index contributed by atoms with van der Waals surface area (Å²) in [6.07, 6.45) is 0. The van der Waals surface area contributed by atoms with Gasteiger partial charge < -0.3 is 10.3 Å². The van der Waals surface area contributed by atoms with Gasteiger partial charge in [0.15, 0.2) is 4.90 Å². The number of benzene rings is 1. The van der Waals surface area contributed by atoms with Crippen LogP contribution >= 0.6 is 0 Å². The molecule has 1 atom stereocenters. The van der Waals surface area contributed by atoms with Crippen LogP contribution in [0.2, 0.25) is 0 Å². The molecule has 0 aromatic heterocycles. The second-order valence-electron chi connectivity index (χ2n) is 2.32. The second-order valence-corrected chi connectivity index (χ2v) is 3.36. The molecule has 0 aliphatic heterocycles. The van der Waals surface area contributed by atoms with E-state index in [1.807, 2.05) is 6.92 Å². The summed E-state index contributed by atoms with van der Waals surface area (Å²) < 4.78 is 10.9. The van der Waals surface area contributed by atoms with Crippen LogP contribution < -0.4 is 10.9 Å². The van der Waals surface area contributed by atoms with Gasteiger partial charge in [-0.25, -0.2) is 0 Å². The SMILES string of the molecule is Cc1ccc(N)cc1[S+](N)[O-]. The van der Waals surface area contributed by atoms with Crippen LogP contribution in [0.3, 0.4) is 0 Å². The van der Waals surface area contributed by atoms with Crippen molar-refractivity contribution in [3.63, 3.8) is 0 Å². The van der Waals surface area contributed by atoms with Gasteiger partial charge in [0.2, 0.25) is 0 Å². The third kappa shape index (κ3) is 1.86. The molecule has 0 radical (unpaired) electrons. The molecule has 4 heteroatoms. The molecular formula is C7H10N2OS. The normalized spacial score (nSPS) is 13.0. The van der Waals surface area contributed by atoms with E-state index in [0.717, 1.165) is 5.56 Å². The van der Waals surface area contributed by atoms with Crippen molar-refractivity contribution >= 4 is 17.0 Å². The van der Waals surface area contributed by atoms with Crippen molar-refractivity contribution in [2.45, 2.75) is 11.8 Å². The molecule has 1 aromatic carbocycles. The molecule has 0 saturated carbocycles. The molecule has 4 N–H and O–H groups in total. The maximum absolute atomic E-state index is 10.9. The smallest absolute Gasteiger partial charge is 0.178 e. The Morgan fingerprint density at radius 3 is 2.55 bits per heavy atom. The Labute approximate surface area is 68.7 Å². The Morgan fingerprint density at radius 1 is 1.45 bits per heavy atom. The van der Waals surface area contributed by atoms with Gasteiger partial charge in [-0.05, 0) is 13.0 Å². The quantitative estimate of drug-likeness (QED) is 0.477. The van der Waals surface area contributed by atoms with Crippen LogP contribution in [0.15, 0.2) is 23.1 Å². The summed E-state index contributed by atoms with van der Waals surface area (Å²) in [5.74, 6) is 0. The fourth-order valence-electron chi connectivity index (χ4n) is 0.833. The van der Waals surface area contributed by atoms with Gasteiger partial charge in [0.25, 0.3) is 0 Å². The first-order valence-corrected chi connectivity index (χ1v) is 4.35. The van der Waals surface area contributed by atoms with Crippen LogP contribution in [0.25, 0.3) is 0 Å².